The van der Waals surface area contributed by atoms with Crippen LogP contribution in [0.2, 0.25) is 0 Å². The third kappa shape index (κ3) is 3.12. The Morgan fingerprint density at radius 2 is 1.90 bits per heavy atom. The molecule has 0 saturated heterocycles. The van der Waals surface area contributed by atoms with Crippen molar-refractivity contribution >= 4 is 38.2 Å². The fourth-order valence-corrected chi connectivity index (χ4v) is 3.90. The summed E-state index contributed by atoms with van der Waals surface area (Å²) in [5, 5.41) is 24.3. The van der Waals surface area contributed by atoms with Crippen LogP contribution in [0, 0.1) is 5.41 Å². The van der Waals surface area contributed by atoms with Gasteiger partial charge in [0.2, 0.25) is 10.0 Å². The summed E-state index contributed by atoms with van der Waals surface area (Å²) in [5.41, 5.74) is 2.40. The monoisotopic (exact) mass is 413 g/mol. The lowest BCUT2D eigenvalue weighted by Crippen LogP contribution is -2.26. The van der Waals surface area contributed by atoms with Gasteiger partial charge in [0, 0.05) is 18.8 Å². The average Bonchev–Trinajstić information content (AvgIpc) is 3.16. The van der Waals surface area contributed by atoms with Gasteiger partial charge in [0.25, 0.3) is 0 Å². The van der Waals surface area contributed by atoms with E-state index in [9.17, 15) is 13.5 Å². The second-order valence-electron chi connectivity index (χ2n) is 6.64. The molecular formula is C19H19N5O4S. The van der Waals surface area contributed by atoms with Gasteiger partial charge in [0.05, 0.1) is 35.2 Å². The molecule has 10 heteroatoms. The Bertz CT molecular complexity index is 1280. The number of aliphatic hydroxyl groups excluding tert-OH is 1. The predicted octanol–water partition coefficient (Wildman–Crippen LogP) is 2.00. The quantitative estimate of drug-likeness (QED) is 0.599. The van der Waals surface area contributed by atoms with Gasteiger partial charge in [0.1, 0.15) is 23.2 Å². The van der Waals surface area contributed by atoms with Crippen molar-refractivity contribution in [1.82, 2.24) is 9.55 Å². The molecular weight excluding hydrogens is 394 g/mol. The molecule has 0 radical (unpaired) electrons. The fraction of sp³-hybridized carbons (Fsp3) is 0.158. The minimum Gasteiger partial charge on any atom is -0.509 e. The van der Waals surface area contributed by atoms with Gasteiger partial charge in [0.15, 0.2) is 0 Å². The Balaban J connectivity index is 1.71. The summed E-state index contributed by atoms with van der Waals surface area (Å²) < 4.78 is 29.9. The number of rotatable bonds is 4. The van der Waals surface area contributed by atoms with Gasteiger partial charge >= 0.3 is 0 Å². The van der Waals surface area contributed by atoms with Crippen molar-refractivity contribution in [1.29, 1.82) is 5.41 Å². The number of nitrogens with two attached hydrogens (primary N) is 1. The lowest BCUT2D eigenvalue weighted by Gasteiger charge is -2.19. The molecule has 1 aromatic heterocycles. The zero-order chi connectivity index (χ0) is 20.9. The van der Waals surface area contributed by atoms with Crippen molar-refractivity contribution < 1.29 is 18.3 Å². The van der Waals surface area contributed by atoms with Gasteiger partial charge in [-0.05, 0) is 36.4 Å². The van der Waals surface area contributed by atoms with Crippen molar-refractivity contribution in [2.24, 2.45) is 12.2 Å². The number of aromatic nitrogens is 2. The third-order valence-corrected chi connectivity index (χ3v) is 5.82. The summed E-state index contributed by atoms with van der Waals surface area (Å²) in [6.45, 7) is 0.0788. The Labute approximate surface area is 167 Å². The molecule has 9 nitrogen and oxygen atoms in total. The molecule has 0 bridgehead atoms. The van der Waals surface area contributed by atoms with E-state index in [2.05, 4.69) is 4.98 Å². The predicted molar refractivity (Wildman–Crippen MR) is 110 cm³/mol. The molecule has 0 fully saturated rings. The number of primary sulfonamides is 1. The molecule has 3 aromatic rings. The van der Waals surface area contributed by atoms with Crippen molar-refractivity contribution in [3.63, 3.8) is 0 Å². The lowest BCUT2D eigenvalue weighted by atomic mass is 10.2. The first-order chi connectivity index (χ1) is 13.7. The highest BCUT2D eigenvalue weighted by Gasteiger charge is 2.32. The number of amidine groups is 1. The van der Waals surface area contributed by atoms with Crippen LogP contribution in [0.4, 0.5) is 5.69 Å². The van der Waals surface area contributed by atoms with E-state index in [1.165, 1.54) is 12.1 Å². The molecule has 2 heterocycles. The van der Waals surface area contributed by atoms with Gasteiger partial charge < -0.3 is 19.3 Å². The normalized spacial score (nSPS) is 14.9. The van der Waals surface area contributed by atoms with Crippen molar-refractivity contribution in [2.75, 3.05) is 18.6 Å². The molecule has 0 unspecified atom stereocenters. The summed E-state index contributed by atoms with van der Waals surface area (Å²) in [6, 6.07) is 11.3. The van der Waals surface area contributed by atoms with Crippen LogP contribution < -0.4 is 14.8 Å². The van der Waals surface area contributed by atoms with E-state index in [0.29, 0.717) is 28.4 Å². The van der Waals surface area contributed by atoms with Crippen LogP contribution >= 0.6 is 0 Å². The number of imidazole rings is 1. The Morgan fingerprint density at radius 3 is 2.52 bits per heavy atom. The van der Waals surface area contributed by atoms with Gasteiger partial charge in [-0.3, -0.25) is 5.41 Å². The highest BCUT2D eigenvalue weighted by Crippen LogP contribution is 2.33. The van der Waals surface area contributed by atoms with Crippen LogP contribution in [0.15, 0.2) is 53.1 Å². The number of sulfonamides is 1. The van der Waals surface area contributed by atoms with Crippen LogP contribution in [-0.4, -0.2) is 42.6 Å². The second kappa shape index (κ2) is 6.61. The molecule has 0 aliphatic carbocycles. The van der Waals surface area contributed by atoms with E-state index in [4.69, 9.17) is 15.3 Å². The first kappa shape index (κ1) is 19.0. The maximum Gasteiger partial charge on any atom is 0.238 e. The zero-order valence-corrected chi connectivity index (χ0v) is 16.6. The van der Waals surface area contributed by atoms with E-state index in [0.717, 1.165) is 5.52 Å². The SMILES string of the molecule is COc1ccc2c(c1)nc(C1=C(O)CN(c3ccc(S(N)(=O)=O)cc3)C1=N)n2C. The smallest absolute Gasteiger partial charge is 0.238 e. The van der Waals surface area contributed by atoms with Crippen molar-refractivity contribution in [3.8, 4) is 5.75 Å². The Kier molecular flexibility index (Phi) is 4.32. The topological polar surface area (TPSA) is 135 Å². The molecule has 1 aliphatic rings. The number of anilines is 1. The van der Waals surface area contributed by atoms with E-state index in [-0.39, 0.29) is 23.0 Å². The van der Waals surface area contributed by atoms with Gasteiger partial charge in [-0.15, -0.1) is 0 Å². The Morgan fingerprint density at radius 1 is 1.21 bits per heavy atom. The number of nitrogens with one attached hydrogen (secondary N) is 1. The maximum atomic E-state index is 11.4. The van der Waals surface area contributed by atoms with Crippen LogP contribution in [0.25, 0.3) is 16.6 Å². The molecule has 0 amide bonds. The van der Waals surface area contributed by atoms with Crippen LogP contribution in [0.5, 0.6) is 5.75 Å². The average molecular weight is 413 g/mol. The number of aryl methyl sites for hydroxylation is 1. The number of fused-ring (bicyclic) bond motifs is 1. The minimum absolute atomic E-state index is 0.0101. The molecule has 4 N–H and O–H groups in total. The zero-order valence-electron chi connectivity index (χ0n) is 15.7. The number of methoxy groups -OCH3 is 1. The van der Waals surface area contributed by atoms with Gasteiger partial charge in [-0.25, -0.2) is 18.5 Å². The van der Waals surface area contributed by atoms with E-state index in [1.807, 2.05) is 23.7 Å². The second-order valence-corrected chi connectivity index (χ2v) is 8.21. The van der Waals surface area contributed by atoms with Crippen molar-refractivity contribution in [2.45, 2.75) is 4.90 Å². The molecule has 1 aliphatic heterocycles. The minimum atomic E-state index is -3.80. The molecule has 150 valence electrons. The van der Waals surface area contributed by atoms with Gasteiger partial charge in [-0.2, -0.15) is 0 Å². The van der Waals surface area contributed by atoms with Crippen LogP contribution in [0.1, 0.15) is 5.82 Å². The van der Waals surface area contributed by atoms with E-state index in [1.54, 1.807) is 30.2 Å². The molecule has 4 rings (SSSR count). The summed E-state index contributed by atoms with van der Waals surface area (Å²) >= 11 is 0. The van der Waals surface area contributed by atoms with Crippen LogP contribution in [0.3, 0.4) is 0 Å². The largest absolute Gasteiger partial charge is 0.509 e. The molecule has 2 aromatic carbocycles. The number of ether oxygens (including phenoxy) is 1. The lowest BCUT2D eigenvalue weighted by molar-refractivity contribution is 0.411. The standard InChI is InChI=1S/C19H19N5O4S/c1-23-15-8-5-12(28-2)9-14(15)22-19(23)17-16(25)10-24(18(17)20)11-3-6-13(7-4-11)29(21,26)27/h3-9,20,25H,10H2,1-2H3,(H2,21,26,27). The summed E-state index contributed by atoms with van der Waals surface area (Å²) in [5.74, 6) is 1.20. The third-order valence-electron chi connectivity index (χ3n) is 4.89. The van der Waals surface area contributed by atoms with Crippen LogP contribution in [-0.2, 0) is 17.1 Å². The molecule has 0 atom stereocenters. The van der Waals surface area contributed by atoms with Gasteiger partial charge in [-0.1, -0.05) is 0 Å². The number of hydrogen-bond acceptors (Lipinski definition) is 6. The summed E-state index contributed by atoms with van der Waals surface area (Å²) in [6.07, 6.45) is 0. The number of benzene rings is 2. The van der Waals surface area contributed by atoms with E-state index >= 15 is 0 Å². The number of hydrogen-bond donors (Lipinski definition) is 3. The van der Waals surface area contributed by atoms with Crippen molar-refractivity contribution in [3.05, 3.63) is 54.0 Å². The highest BCUT2D eigenvalue weighted by molar-refractivity contribution is 7.89. The summed E-state index contributed by atoms with van der Waals surface area (Å²) in [7, 11) is -0.415. The maximum absolute atomic E-state index is 11.4. The molecule has 0 saturated carbocycles. The fourth-order valence-electron chi connectivity index (χ4n) is 3.38. The number of aliphatic hydroxyl groups is 1. The Hall–Kier alpha value is -3.37. The molecule has 0 spiro atoms. The molecule has 29 heavy (non-hydrogen) atoms. The first-order valence-electron chi connectivity index (χ1n) is 8.63. The summed E-state index contributed by atoms with van der Waals surface area (Å²) in [4.78, 5) is 6.13. The first-order valence-corrected chi connectivity index (χ1v) is 10.2. The highest BCUT2D eigenvalue weighted by atomic mass is 32.2. The van der Waals surface area contributed by atoms with E-state index < -0.39 is 10.0 Å². The number of nitrogens with zero attached hydrogens (tertiary/aromatic N) is 3.